The third kappa shape index (κ3) is 4.92. The number of sulfone groups is 1. The van der Waals surface area contributed by atoms with Gasteiger partial charge in [-0.1, -0.05) is 0 Å². The van der Waals surface area contributed by atoms with Crippen molar-refractivity contribution in [3.63, 3.8) is 0 Å². The van der Waals surface area contributed by atoms with Crippen molar-refractivity contribution in [2.24, 2.45) is 0 Å². The maximum absolute atomic E-state index is 12.2. The van der Waals surface area contributed by atoms with Gasteiger partial charge in [0.2, 0.25) is 15.0 Å². The zero-order valence-corrected chi connectivity index (χ0v) is 18.4. The van der Waals surface area contributed by atoms with Gasteiger partial charge in [-0.25, -0.2) is 13.4 Å². The van der Waals surface area contributed by atoms with Crippen molar-refractivity contribution >= 4 is 21.6 Å². The zero-order valence-electron chi connectivity index (χ0n) is 16.8. The topological polar surface area (TPSA) is 67.7 Å². The van der Waals surface area contributed by atoms with Crippen molar-refractivity contribution < 1.29 is 13.2 Å². The number of rotatable bonds is 6. The highest BCUT2D eigenvalue weighted by Crippen LogP contribution is 2.23. The Labute approximate surface area is 172 Å². The zero-order chi connectivity index (χ0) is 19.6. The third-order valence-corrected chi connectivity index (χ3v) is 8.08. The summed E-state index contributed by atoms with van der Waals surface area (Å²) in [5.41, 5.74) is 0.990. The molecule has 0 amide bonds. The minimum absolute atomic E-state index is 0.0937. The molecule has 9 heteroatoms. The van der Waals surface area contributed by atoms with E-state index in [1.165, 1.54) is 43.7 Å². The van der Waals surface area contributed by atoms with Crippen LogP contribution < -0.4 is 0 Å². The number of likely N-dealkylation sites (tertiary alicyclic amines) is 1. The molecule has 4 heterocycles. The van der Waals surface area contributed by atoms with E-state index in [0.717, 1.165) is 44.8 Å². The molecule has 0 spiro atoms. The van der Waals surface area contributed by atoms with Crippen molar-refractivity contribution in [2.75, 3.05) is 50.5 Å². The summed E-state index contributed by atoms with van der Waals surface area (Å²) in [6.07, 6.45) is 7.52. The van der Waals surface area contributed by atoms with Gasteiger partial charge in [0.15, 0.2) is 0 Å². The predicted molar refractivity (Wildman–Crippen MR) is 112 cm³/mol. The molecule has 3 fully saturated rings. The van der Waals surface area contributed by atoms with Gasteiger partial charge in [0, 0.05) is 63.1 Å². The lowest BCUT2D eigenvalue weighted by Gasteiger charge is -2.40. The average Bonchev–Trinajstić information content (AvgIpc) is 3.34. The van der Waals surface area contributed by atoms with E-state index in [1.54, 1.807) is 6.20 Å². The van der Waals surface area contributed by atoms with Gasteiger partial charge in [-0.2, -0.15) is 11.8 Å². The predicted octanol–water partition coefficient (Wildman–Crippen LogP) is 1.48. The summed E-state index contributed by atoms with van der Waals surface area (Å²) in [4.78, 5) is 9.38. The molecule has 1 aromatic heterocycles. The van der Waals surface area contributed by atoms with E-state index in [1.807, 2.05) is 4.57 Å². The molecule has 3 aliphatic rings. The second-order valence-corrected chi connectivity index (χ2v) is 11.3. The van der Waals surface area contributed by atoms with E-state index in [9.17, 15) is 8.42 Å². The molecule has 1 unspecified atom stereocenters. The normalized spacial score (nSPS) is 26.1. The van der Waals surface area contributed by atoms with Gasteiger partial charge >= 0.3 is 0 Å². The lowest BCUT2D eigenvalue weighted by molar-refractivity contribution is 0.0906. The number of piperidine rings is 1. The van der Waals surface area contributed by atoms with Gasteiger partial charge in [0.25, 0.3) is 0 Å². The van der Waals surface area contributed by atoms with Gasteiger partial charge in [-0.05, 0) is 25.7 Å². The fraction of sp³-hybridized carbons (Fsp3) is 0.842. The van der Waals surface area contributed by atoms with Crippen molar-refractivity contribution in [3.05, 3.63) is 11.9 Å². The molecule has 3 saturated heterocycles. The maximum Gasteiger partial charge on any atom is 0.227 e. The first-order valence-corrected chi connectivity index (χ1v) is 13.5. The van der Waals surface area contributed by atoms with Crippen LogP contribution in [-0.2, 0) is 27.7 Å². The summed E-state index contributed by atoms with van der Waals surface area (Å²) in [6.45, 7) is 6.69. The van der Waals surface area contributed by atoms with Crippen LogP contribution in [0.3, 0.4) is 0 Å². The van der Waals surface area contributed by atoms with Crippen LogP contribution >= 0.6 is 11.8 Å². The number of hydrogen-bond donors (Lipinski definition) is 0. The van der Waals surface area contributed by atoms with Crippen molar-refractivity contribution in [2.45, 2.75) is 56.1 Å². The van der Waals surface area contributed by atoms with E-state index in [4.69, 9.17) is 4.74 Å². The molecule has 28 heavy (non-hydrogen) atoms. The monoisotopic (exact) mass is 428 g/mol. The highest BCUT2D eigenvalue weighted by Gasteiger charge is 2.28. The van der Waals surface area contributed by atoms with Crippen molar-refractivity contribution in [1.82, 2.24) is 19.4 Å². The maximum atomic E-state index is 12.2. The first-order valence-electron chi connectivity index (χ1n) is 10.4. The van der Waals surface area contributed by atoms with Crippen LogP contribution in [-0.4, -0.2) is 90.5 Å². The molecule has 4 rings (SSSR count). The largest absolute Gasteiger partial charge is 0.376 e. The Hall–Kier alpha value is -0.610. The van der Waals surface area contributed by atoms with Gasteiger partial charge in [0.1, 0.15) is 0 Å². The minimum Gasteiger partial charge on any atom is -0.376 e. The molecular weight excluding hydrogens is 396 g/mol. The molecule has 0 aliphatic carbocycles. The van der Waals surface area contributed by atoms with Crippen LogP contribution in [0.2, 0.25) is 0 Å². The van der Waals surface area contributed by atoms with Crippen LogP contribution in [0, 0.1) is 0 Å². The number of imidazole rings is 1. The number of thioether (sulfide) groups is 1. The third-order valence-electron chi connectivity index (χ3n) is 6.15. The first-order chi connectivity index (χ1) is 13.5. The average molecular weight is 429 g/mol. The smallest absolute Gasteiger partial charge is 0.227 e. The van der Waals surface area contributed by atoms with Crippen molar-refractivity contribution in [3.8, 4) is 0 Å². The Kier molecular flexibility index (Phi) is 6.67. The lowest BCUT2D eigenvalue weighted by Crippen LogP contribution is -2.47. The minimum atomic E-state index is -3.35. The van der Waals surface area contributed by atoms with E-state index < -0.39 is 9.84 Å². The highest BCUT2D eigenvalue weighted by atomic mass is 32.2. The van der Waals surface area contributed by atoms with Crippen LogP contribution in [0.4, 0.5) is 0 Å². The Morgan fingerprint density at radius 3 is 2.57 bits per heavy atom. The number of aromatic nitrogens is 2. The van der Waals surface area contributed by atoms with Crippen LogP contribution in [0.25, 0.3) is 0 Å². The number of nitrogens with zero attached hydrogens (tertiary/aromatic N) is 4. The lowest BCUT2D eigenvalue weighted by atomic mass is 10.0. The second kappa shape index (κ2) is 9.04. The summed E-state index contributed by atoms with van der Waals surface area (Å²) in [5.74, 6) is 2.52. The highest BCUT2D eigenvalue weighted by molar-refractivity contribution is 7.99. The van der Waals surface area contributed by atoms with Gasteiger partial charge < -0.3 is 9.30 Å². The van der Waals surface area contributed by atoms with E-state index in [2.05, 4.69) is 26.5 Å². The molecule has 1 atom stereocenters. The summed E-state index contributed by atoms with van der Waals surface area (Å²) >= 11 is 2.06. The van der Waals surface area contributed by atoms with Gasteiger partial charge in [0.05, 0.1) is 24.5 Å². The summed E-state index contributed by atoms with van der Waals surface area (Å²) < 4.78 is 32.1. The van der Waals surface area contributed by atoms with Gasteiger partial charge in [-0.3, -0.25) is 9.80 Å². The van der Waals surface area contributed by atoms with E-state index >= 15 is 0 Å². The molecule has 0 aromatic carbocycles. The molecule has 158 valence electrons. The van der Waals surface area contributed by atoms with E-state index in [0.29, 0.717) is 12.6 Å². The first kappa shape index (κ1) is 20.7. The summed E-state index contributed by atoms with van der Waals surface area (Å²) in [5, 5.41) is 0.179. The molecule has 7 nitrogen and oxygen atoms in total. The quantitative estimate of drug-likeness (QED) is 0.680. The fourth-order valence-electron chi connectivity index (χ4n) is 4.62. The Morgan fingerprint density at radius 1 is 1.18 bits per heavy atom. The van der Waals surface area contributed by atoms with Crippen LogP contribution in [0.5, 0.6) is 0 Å². The van der Waals surface area contributed by atoms with Crippen molar-refractivity contribution in [1.29, 1.82) is 0 Å². The summed E-state index contributed by atoms with van der Waals surface area (Å²) in [7, 11) is -3.35. The summed E-state index contributed by atoms with van der Waals surface area (Å²) in [6, 6.07) is 0.709. The Bertz CT molecular complexity index is 747. The molecule has 0 saturated carbocycles. The fourth-order valence-corrected chi connectivity index (χ4v) is 6.38. The van der Waals surface area contributed by atoms with Gasteiger partial charge in [-0.15, -0.1) is 0 Å². The van der Waals surface area contributed by atoms with E-state index in [-0.39, 0.29) is 11.3 Å². The van der Waals surface area contributed by atoms with Crippen LogP contribution in [0.15, 0.2) is 11.4 Å². The number of ether oxygens (including phenoxy) is 1. The van der Waals surface area contributed by atoms with Crippen LogP contribution in [0.1, 0.15) is 31.4 Å². The molecular formula is C19H32N4O3S2. The second-order valence-electron chi connectivity index (χ2n) is 8.21. The molecule has 1 aromatic rings. The number of hydrogen-bond acceptors (Lipinski definition) is 7. The Morgan fingerprint density at radius 2 is 1.93 bits per heavy atom. The Balaban J connectivity index is 1.41. The molecule has 0 bridgehead atoms. The molecule has 0 radical (unpaired) electrons. The SMILES string of the molecule is CS(=O)(=O)c1ncc(CN2CCC(N3CCSCC3)CC2)n1CC1CCCO1. The molecule has 3 aliphatic heterocycles. The standard InChI is InChI=1S/C19H32N4O3S2/c1-28(24,25)19-20-13-17(23(19)15-18-3-2-10-26-18)14-21-6-4-16(5-7-21)22-8-11-27-12-9-22/h13,16,18H,2-12,14-15H2,1H3. The molecule has 0 N–H and O–H groups in total.